The third kappa shape index (κ3) is 6.76. The predicted octanol–water partition coefficient (Wildman–Crippen LogP) is 0.847. The molecule has 5 heteroatoms. The molecule has 0 heterocycles. The summed E-state index contributed by atoms with van der Waals surface area (Å²) in [5.41, 5.74) is 0. The van der Waals surface area contributed by atoms with E-state index in [9.17, 15) is 9.59 Å². The van der Waals surface area contributed by atoms with E-state index in [2.05, 4.69) is 10.1 Å². The maximum atomic E-state index is 11.4. The highest BCUT2D eigenvalue weighted by Gasteiger charge is 2.11. The first-order valence-corrected chi connectivity index (χ1v) is 5.12. The van der Waals surface area contributed by atoms with Gasteiger partial charge in [-0.05, 0) is 12.8 Å². The number of hydrogen-bond donors (Lipinski definition) is 1. The summed E-state index contributed by atoms with van der Waals surface area (Å²) in [6.45, 7) is 6.69. The van der Waals surface area contributed by atoms with Gasteiger partial charge in [-0.25, -0.2) is 4.79 Å². The number of nitrogens with one attached hydrogen (secondary N) is 1. The van der Waals surface area contributed by atoms with Crippen molar-refractivity contribution >= 4 is 12.0 Å². The number of hydrogen-bond acceptors (Lipinski definition) is 3. The fourth-order valence-corrected chi connectivity index (χ4v) is 1.13. The zero-order valence-electron chi connectivity index (χ0n) is 9.87. The monoisotopic (exact) mass is 216 g/mol. The molecule has 1 N–H and O–H groups in total. The van der Waals surface area contributed by atoms with Crippen molar-refractivity contribution in [2.45, 2.75) is 20.8 Å². The largest absolute Gasteiger partial charge is 0.465 e. The summed E-state index contributed by atoms with van der Waals surface area (Å²) in [6.07, 6.45) is 0. The van der Waals surface area contributed by atoms with Crippen LogP contribution >= 0.6 is 0 Å². The second-order valence-electron chi connectivity index (χ2n) is 3.74. The van der Waals surface area contributed by atoms with Crippen LogP contribution in [0, 0.1) is 5.92 Å². The van der Waals surface area contributed by atoms with Gasteiger partial charge in [0.1, 0.15) is 6.54 Å². The molecule has 0 unspecified atom stereocenters. The second-order valence-corrected chi connectivity index (χ2v) is 3.74. The van der Waals surface area contributed by atoms with Gasteiger partial charge < -0.3 is 15.0 Å². The lowest BCUT2D eigenvalue weighted by atomic mass is 10.2. The average molecular weight is 216 g/mol. The van der Waals surface area contributed by atoms with Crippen LogP contribution in [0.15, 0.2) is 0 Å². The van der Waals surface area contributed by atoms with Crippen molar-refractivity contribution in [3.05, 3.63) is 0 Å². The van der Waals surface area contributed by atoms with Crippen LogP contribution in [-0.2, 0) is 9.53 Å². The van der Waals surface area contributed by atoms with Gasteiger partial charge in [0, 0.05) is 13.6 Å². The van der Waals surface area contributed by atoms with Crippen LogP contribution < -0.4 is 5.32 Å². The molecule has 0 aromatic carbocycles. The lowest BCUT2D eigenvalue weighted by Gasteiger charge is -2.19. The number of ether oxygens (including phenoxy) is 1. The maximum Gasteiger partial charge on any atom is 0.325 e. The molecule has 0 aromatic rings. The zero-order valence-corrected chi connectivity index (χ0v) is 9.87. The van der Waals surface area contributed by atoms with E-state index in [1.54, 1.807) is 18.9 Å². The first kappa shape index (κ1) is 13.7. The number of carbonyl (C=O) groups is 2. The smallest absolute Gasteiger partial charge is 0.325 e. The Bertz CT molecular complexity index is 217. The third-order valence-corrected chi connectivity index (χ3v) is 1.67. The summed E-state index contributed by atoms with van der Waals surface area (Å²) in [5.74, 6) is -0.00728. The van der Waals surface area contributed by atoms with Gasteiger partial charge in [-0.2, -0.15) is 0 Å². The Morgan fingerprint density at radius 3 is 2.47 bits per heavy atom. The molecule has 2 amide bonds. The Morgan fingerprint density at radius 1 is 1.40 bits per heavy atom. The normalized spacial score (nSPS) is 9.93. The first-order chi connectivity index (χ1) is 6.97. The zero-order chi connectivity index (χ0) is 11.8. The van der Waals surface area contributed by atoms with Crippen molar-refractivity contribution < 1.29 is 14.3 Å². The summed E-state index contributed by atoms with van der Waals surface area (Å²) >= 11 is 0. The van der Waals surface area contributed by atoms with Crippen LogP contribution in [0.5, 0.6) is 0 Å². The first-order valence-electron chi connectivity index (χ1n) is 5.12. The van der Waals surface area contributed by atoms with Crippen molar-refractivity contribution in [1.82, 2.24) is 10.2 Å². The number of carbonyl (C=O) groups excluding carboxylic acids is 2. The van der Waals surface area contributed by atoms with Crippen LogP contribution in [0.1, 0.15) is 20.8 Å². The highest BCUT2D eigenvalue weighted by molar-refractivity contribution is 5.80. The number of nitrogens with zero attached hydrogens (tertiary/aromatic N) is 1. The molecule has 0 radical (unpaired) electrons. The predicted molar refractivity (Wildman–Crippen MR) is 57.5 cm³/mol. The highest BCUT2D eigenvalue weighted by Crippen LogP contribution is 1.95. The lowest BCUT2D eigenvalue weighted by molar-refractivity contribution is -0.141. The van der Waals surface area contributed by atoms with Crippen molar-refractivity contribution in [2.24, 2.45) is 5.92 Å². The van der Waals surface area contributed by atoms with Gasteiger partial charge in [0.15, 0.2) is 0 Å². The van der Waals surface area contributed by atoms with Crippen molar-refractivity contribution in [2.75, 3.05) is 26.7 Å². The summed E-state index contributed by atoms with van der Waals surface area (Å²) in [6, 6.07) is -0.253. The molecule has 0 aliphatic rings. The number of amides is 2. The van der Waals surface area contributed by atoms with Crippen LogP contribution in [0.25, 0.3) is 0 Å². The maximum absolute atomic E-state index is 11.4. The van der Waals surface area contributed by atoms with E-state index in [1.807, 2.05) is 13.8 Å². The van der Waals surface area contributed by atoms with Crippen LogP contribution in [-0.4, -0.2) is 43.6 Å². The van der Waals surface area contributed by atoms with Crippen LogP contribution in [0.3, 0.4) is 0 Å². The molecule has 88 valence electrons. The molecular weight excluding hydrogens is 196 g/mol. The molecule has 0 spiro atoms. The minimum absolute atomic E-state index is 0.0743. The van der Waals surface area contributed by atoms with Crippen LogP contribution in [0.4, 0.5) is 4.79 Å². The van der Waals surface area contributed by atoms with Gasteiger partial charge in [0.05, 0.1) is 6.61 Å². The number of rotatable bonds is 5. The van der Waals surface area contributed by atoms with E-state index in [4.69, 9.17) is 0 Å². The molecular formula is C10H20N2O3. The van der Waals surface area contributed by atoms with Crippen LogP contribution in [0.2, 0.25) is 0 Å². The molecule has 0 bridgehead atoms. The summed E-state index contributed by atoms with van der Waals surface area (Å²) < 4.78 is 4.68. The van der Waals surface area contributed by atoms with E-state index >= 15 is 0 Å². The van der Waals surface area contributed by atoms with Crippen molar-refractivity contribution in [1.29, 1.82) is 0 Å². The Balaban J connectivity index is 3.78. The third-order valence-electron chi connectivity index (χ3n) is 1.67. The van der Waals surface area contributed by atoms with Gasteiger partial charge in [-0.3, -0.25) is 4.79 Å². The molecule has 5 nitrogen and oxygen atoms in total. The number of esters is 1. The quantitative estimate of drug-likeness (QED) is 0.693. The van der Waals surface area contributed by atoms with Gasteiger partial charge in [-0.15, -0.1) is 0 Å². The van der Waals surface area contributed by atoms with E-state index in [0.717, 1.165) is 0 Å². The van der Waals surface area contributed by atoms with Gasteiger partial charge in [0.2, 0.25) is 0 Å². The molecule has 0 aromatic heterocycles. The molecule has 0 atom stereocenters. The van der Waals surface area contributed by atoms with Crippen molar-refractivity contribution in [3.8, 4) is 0 Å². The SMILES string of the molecule is CCOC(=O)CNC(=O)N(C)CC(C)C. The Hall–Kier alpha value is -1.26. The highest BCUT2D eigenvalue weighted by atomic mass is 16.5. The standard InChI is InChI=1S/C10H20N2O3/c1-5-15-9(13)6-11-10(14)12(4)7-8(2)3/h8H,5-7H2,1-4H3,(H,11,14). The Labute approximate surface area is 90.8 Å². The summed E-state index contributed by atoms with van der Waals surface area (Å²) in [5, 5.41) is 2.48. The van der Waals surface area contributed by atoms with E-state index in [-0.39, 0.29) is 12.6 Å². The lowest BCUT2D eigenvalue weighted by Crippen LogP contribution is -2.41. The minimum Gasteiger partial charge on any atom is -0.465 e. The Kier molecular flexibility index (Phi) is 6.49. The van der Waals surface area contributed by atoms with E-state index in [0.29, 0.717) is 19.1 Å². The molecule has 0 aliphatic carbocycles. The average Bonchev–Trinajstić information content (AvgIpc) is 2.13. The topological polar surface area (TPSA) is 58.6 Å². The van der Waals surface area contributed by atoms with Gasteiger partial charge in [0.25, 0.3) is 0 Å². The molecule has 0 fully saturated rings. The van der Waals surface area contributed by atoms with E-state index in [1.165, 1.54) is 0 Å². The molecule has 0 aliphatic heterocycles. The number of urea groups is 1. The second kappa shape index (κ2) is 7.09. The van der Waals surface area contributed by atoms with Gasteiger partial charge in [-0.1, -0.05) is 13.8 Å². The van der Waals surface area contributed by atoms with Gasteiger partial charge >= 0.3 is 12.0 Å². The Morgan fingerprint density at radius 2 is 2.00 bits per heavy atom. The van der Waals surface area contributed by atoms with Crippen molar-refractivity contribution in [3.63, 3.8) is 0 Å². The summed E-state index contributed by atoms with van der Waals surface area (Å²) in [7, 11) is 1.69. The molecule has 15 heavy (non-hydrogen) atoms. The fraction of sp³-hybridized carbons (Fsp3) is 0.800. The molecule has 0 saturated heterocycles. The summed E-state index contributed by atoms with van der Waals surface area (Å²) in [4.78, 5) is 23.9. The fourth-order valence-electron chi connectivity index (χ4n) is 1.13. The molecule has 0 saturated carbocycles. The van der Waals surface area contributed by atoms with E-state index < -0.39 is 5.97 Å². The molecule has 0 rings (SSSR count). The minimum atomic E-state index is -0.413.